The molecule has 13 heteroatoms. The predicted octanol–water partition coefficient (Wildman–Crippen LogP) is 6.21. The van der Waals surface area contributed by atoms with Gasteiger partial charge in [0.1, 0.15) is 23.0 Å². The number of carboxylic acid groups (broad SMARTS) is 1. The van der Waals surface area contributed by atoms with E-state index in [1.807, 2.05) is 30.3 Å². The van der Waals surface area contributed by atoms with Gasteiger partial charge in [-0.3, -0.25) is 4.90 Å². The Kier molecular flexibility index (Phi) is 7.93. The van der Waals surface area contributed by atoms with Crippen molar-refractivity contribution in [2.24, 2.45) is 0 Å². The number of aromatic carboxylic acids is 1. The highest BCUT2D eigenvalue weighted by molar-refractivity contribution is 7.18. The molecule has 1 fully saturated rings. The number of imidazole rings is 1. The Hall–Kier alpha value is -4.77. The number of nitrogens with zero attached hydrogens (tertiary/aromatic N) is 7. The molecule has 1 aliphatic heterocycles. The summed E-state index contributed by atoms with van der Waals surface area (Å²) in [4.78, 5) is 29.1. The normalized spacial score (nSPS) is 14.2. The number of fused-ring (bicyclic) bond motifs is 2. The molecule has 10 nitrogen and oxygen atoms in total. The largest absolute Gasteiger partial charge is 0.478 e. The van der Waals surface area contributed by atoms with Gasteiger partial charge in [0.05, 0.1) is 46.0 Å². The van der Waals surface area contributed by atoms with E-state index in [-0.39, 0.29) is 29.2 Å². The summed E-state index contributed by atoms with van der Waals surface area (Å²) in [5.41, 5.74) is 3.30. The Morgan fingerprint density at radius 2 is 1.96 bits per heavy atom. The standard InChI is InChI=1S/C32H26FN7O3S2/c33-23-12-19(15-34)13-27-31(23)38-30(44-27)18-43-29-3-1-2-24(37-29)20-7-10-39(11-8-20)17-28-36-25-5-4-21(32(41)42)14-26(25)40(28)16-22-6-9-35-45-22/h1-6,9,12-14,20H,7-8,10-11,16-18H2,(H,41,42). The van der Waals surface area contributed by atoms with E-state index in [2.05, 4.69) is 18.8 Å². The van der Waals surface area contributed by atoms with E-state index in [9.17, 15) is 14.3 Å². The summed E-state index contributed by atoms with van der Waals surface area (Å²) in [6.07, 6.45) is 3.62. The highest BCUT2D eigenvalue weighted by Gasteiger charge is 2.24. The summed E-state index contributed by atoms with van der Waals surface area (Å²) < 4.78 is 27.2. The first-order valence-corrected chi connectivity index (χ1v) is 16.0. The smallest absolute Gasteiger partial charge is 0.335 e. The Morgan fingerprint density at radius 3 is 2.73 bits per heavy atom. The van der Waals surface area contributed by atoms with Crippen molar-refractivity contribution in [3.8, 4) is 11.9 Å². The predicted molar refractivity (Wildman–Crippen MR) is 168 cm³/mol. The maximum absolute atomic E-state index is 14.3. The third kappa shape index (κ3) is 6.12. The highest BCUT2D eigenvalue weighted by Crippen LogP contribution is 2.31. The van der Waals surface area contributed by atoms with Crippen LogP contribution in [0.4, 0.5) is 4.39 Å². The lowest BCUT2D eigenvalue weighted by molar-refractivity contribution is 0.0697. The number of aromatic nitrogens is 5. The molecule has 0 amide bonds. The van der Waals surface area contributed by atoms with Crippen LogP contribution in [-0.4, -0.2) is 53.0 Å². The lowest BCUT2D eigenvalue weighted by atomic mass is 9.93. The summed E-state index contributed by atoms with van der Waals surface area (Å²) >= 11 is 2.73. The first-order chi connectivity index (χ1) is 21.9. The van der Waals surface area contributed by atoms with Crippen LogP contribution in [-0.2, 0) is 19.7 Å². The van der Waals surface area contributed by atoms with Gasteiger partial charge in [0.25, 0.3) is 0 Å². The number of piperidine rings is 1. The lowest BCUT2D eigenvalue weighted by Crippen LogP contribution is -2.33. The van der Waals surface area contributed by atoms with Gasteiger partial charge in [-0.05, 0) is 79.9 Å². The van der Waals surface area contributed by atoms with E-state index in [1.165, 1.54) is 28.9 Å². The van der Waals surface area contributed by atoms with Crippen molar-refractivity contribution in [2.75, 3.05) is 13.1 Å². The maximum atomic E-state index is 14.3. The summed E-state index contributed by atoms with van der Waals surface area (Å²) in [5, 5.41) is 19.3. The van der Waals surface area contributed by atoms with Crippen LogP contribution in [0.2, 0.25) is 0 Å². The number of benzene rings is 2. The second kappa shape index (κ2) is 12.3. The summed E-state index contributed by atoms with van der Waals surface area (Å²) in [7, 11) is 0. The van der Waals surface area contributed by atoms with Crippen LogP contribution < -0.4 is 4.74 Å². The van der Waals surface area contributed by atoms with Gasteiger partial charge < -0.3 is 14.4 Å². The number of likely N-dealkylation sites (tertiary alicyclic amines) is 1. The van der Waals surface area contributed by atoms with Crippen LogP contribution >= 0.6 is 22.9 Å². The second-order valence-electron chi connectivity index (χ2n) is 10.9. The highest BCUT2D eigenvalue weighted by atomic mass is 32.1. The molecule has 7 rings (SSSR count). The molecule has 0 aliphatic carbocycles. The fourth-order valence-corrected chi connectivity index (χ4v) is 7.20. The fourth-order valence-electron chi connectivity index (χ4n) is 5.70. The molecule has 1 N–H and O–H groups in total. The topological polar surface area (TPSA) is 130 Å². The fraction of sp³-hybridized carbons (Fsp3) is 0.250. The number of pyridine rings is 1. The van der Waals surface area contributed by atoms with Gasteiger partial charge in [0, 0.05) is 28.8 Å². The molecule has 226 valence electrons. The van der Waals surface area contributed by atoms with E-state index in [0.717, 1.165) is 53.4 Å². The zero-order valence-corrected chi connectivity index (χ0v) is 25.5. The monoisotopic (exact) mass is 639 g/mol. The zero-order valence-electron chi connectivity index (χ0n) is 23.9. The number of hydrogen-bond donors (Lipinski definition) is 1. The Morgan fingerprint density at radius 1 is 1.09 bits per heavy atom. The maximum Gasteiger partial charge on any atom is 0.335 e. The number of thiazole rings is 1. The minimum atomic E-state index is -0.962. The van der Waals surface area contributed by atoms with Crippen LogP contribution in [0.25, 0.3) is 21.3 Å². The molecule has 6 aromatic rings. The van der Waals surface area contributed by atoms with Gasteiger partial charge in [-0.2, -0.15) is 5.26 Å². The average molecular weight is 640 g/mol. The number of ether oxygens (including phenoxy) is 1. The molecule has 1 saturated heterocycles. The van der Waals surface area contributed by atoms with Gasteiger partial charge in [0.2, 0.25) is 5.88 Å². The molecular formula is C32H26FN7O3S2. The van der Waals surface area contributed by atoms with Crippen LogP contribution in [0.3, 0.4) is 0 Å². The van der Waals surface area contributed by atoms with Gasteiger partial charge in [-0.15, -0.1) is 11.3 Å². The van der Waals surface area contributed by atoms with Gasteiger partial charge in [0.15, 0.2) is 5.82 Å². The Balaban J connectivity index is 1.01. The zero-order chi connectivity index (χ0) is 30.9. The van der Waals surface area contributed by atoms with Crippen LogP contribution in [0.5, 0.6) is 5.88 Å². The third-order valence-corrected chi connectivity index (χ3v) is 9.66. The summed E-state index contributed by atoms with van der Waals surface area (Å²) in [6, 6.07) is 17.6. The molecular weight excluding hydrogens is 614 g/mol. The van der Waals surface area contributed by atoms with Crippen molar-refractivity contribution in [3.63, 3.8) is 0 Å². The van der Waals surface area contributed by atoms with Crippen molar-refractivity contribution in [1.29, 1.82) is 5.26 Å². The average Bonchev–Trinajstić information content (AvgIpc) is 3.80. The minimum absolute atomic E-state index is 0.159. The van der Waals surface area contributed by atoms with E-state index in [4.69, 9.17) is 20.0 Å². The van der Waals surface area contributed by atoms with Crippen LogP contribution in [0.1, 0.15) is 56.1 Å². The Bertz CT molecular complexity index is 2060. The number of carbonyl (C=O) groups is 1. The molecule has 2 aromatic carbocycles. The quantitative estimate of drug-likeness (QED) is 0.196. The molecule has 45 heavy (non-hydrogen) atoms. The molecule has 0 spiro atoms. The van der Waals surface area contributed by atoms with Crippen molar-refractivity contribution in [1.82, 2.24) is 28.8 Å². The number of rotatable bonds is 9. The number of nitriles is 1. The molecule has 0 bridgehead atoms. The number of hydrogen-bond acceptors (Lipinski definition) is 10. The first-order valence-electron chi connectivity index (χ1n) is 14.4. The molecule has 0 saturated carbocycles. The summed E-state index contributed by atoms with van der Waals surface area (Å²) in [6.45, 7) is 3.12. The molecule has 1 aliphatic rings. The van der Waals surface area contributed by atoms with Crippen molar-refractivity contribution in [2.45, 2.75) is 38.5 Å². The summed E-state index contributed by atoms with van der Waals surface area (Å²) in [5.74, 6) is 0.190. The van der Waals surface area contributed by atoms with Crippen molar-refractivity contribution in [3.05, 3.63) is 99.1 Å². The van der Waals surface area contributed by atoms with Crippen LogP contribution in [0.15, 0.2) is 60.8 Å². The molecule has 5 heterocycles. The van der Waals surface area contributed by atoms with Crippen LogP contribution in [0, 0.1) is 17.1 Å². The molecule has 4 aromatic heterocycles. The number of halogens is 1. The third-order valence-electron chi connectivity index (χ3n) is 7.96. The van der Waals surface area contributed by atoms with E-state index in [1.54, 1.807) is 30.5 Å². The van der Waals surface area contributed by atoms with Gasteiger partial charge in [-0.25, -0.2) is 28.5 Å². The molecule has 0 radical (unpaired) electrons. The van der Waals surface area contributed by atoms with Gasteiger partial charge >= 0.3 is 5.97 Å². The van der Waals surface area contributed by atoms with E-state index >= 15 is 0 Å². The molecule has 0 unspecified atom stereocenters. The second-order valence-corrected chi connectivity index (χ2v) is 12.9. The number of carboxylic acids is 1. The van der Waals surface area contributed by atoms with E-state index < -0.39 is 11.8 Å². The van der Waals surface area contributed by atoms with E-state index in [0.29, 0.717) is 28.7 Å². The minimum Gasteiger partial charge on any atom is -0.478 e. The Labute approximate surface area is 265 Å². The lowest BCUT2D eigenvalue weighted by Gasteiger charge is -2.31. The van der Waals surface area contributed by atoms with Crippen molar-refractivity contribution < 1.29 is 19.0 Å². The first kappa shape index (κ1) is 29.0. The molecule has 0 atom stereocenters. The van der Waals surface area contributed by atoms with Gasteiger partial charge in [-0.1, -0.05) is 6.07 Å². The van der Waals surface area contributed by atoms with Crippen molar-refractivity contribution >= 4 is 50.1 Å². The SMILES string of the molecule is N#Cc1cc(F)c2nc(COc3cccc(C4CCN(Cc5nc6ccc(C(=O)O)cc6n5Cc5ccns5)CC4)n3)sc2c1.